The molecule has 0 amide bonds. The van der Waals surface area contributed by atoms with Crippen LogP contribution in [0.1, 0.15) is 105 Å². The van der Waals surface area contributed by atoms with Crippen LogP contribution in [0.3, 0.4) is 0 Å². The molecule has 3 fully saturated rings. The van der Waals surface area contributed by atoms with Gasteiger partial charge in [-0.25, -0.2) is 4.79 Å². The molecule has 5 aliphatic rings. The van der Waals surface area contributed by atoms with Gasteiger partial charge in [0.05, 0.1) is 25.7 Å². The van der Waals surface area contributed by atoms with Crippen LogP contribution in [0.15, 0.2) is 76.6 Å². The van der Waals surface area contributed by atoms with Gasteiger partial charge < -0.3 is 19.3 Å². The molecule has 0 saturated heterocycles. The Bertz CT molecular complexity index is 1720. The number of methoxy groups -OCH3 is 1. The lowest BCUT2D eigenvalue weighted by Crippen LogP contribution is -2.62. The van der Waals surface area contributed by atoms with Crippen LogP contribution in [0.2, 0.25) is 0 Å². The molecular weight excluding hydrogens is 628 g/mol. The summed E-state index contributed by atoms with van der Waals surface area (Å²) in [6, 6.07) is 7.51. The second-order valence-electron chi connectivity index (χ2n) is 16.7. The average Bonchev–Trinajstić information content (AvgIpc) is 3.10. The number of fused-ring (bicyclic) bond motifs is 7. The number of carbonyl (C=O) groups is 3. The van der Waals surface area contributed by atoms with Crippen molar-refractivity contribution in [1.29, 1.82) is 0 Å². The molecule has 5 aliphatic carbocycles. The Labute approximate surface area is 297 Å². The summed E-state index contributed by atoms with van der Waals surface area (Å²) in [5, 5.41) is 10.4. The minimum atomic E-state index is -0.529. The van der Waals surface area contributed by atoms with Gasteiger partial charge in [-0.3, -0.25) is 9.59 Å². The number of allylic oxidation sites excluding steroid dienone is 7. The van der Waals surface area contributed by atoms with Crippen molar-refractivity contribution in [3.63, 3.8) is 0 Å². The van der Waals surface area contributed by atoms with Crippen molar-refractivity contribution < 1.29 is 33.7 Å². The lowest BCUT2D eigenvalue weighted by molar-refractivity contribution is -0.182. The molecule has 7 nitrogen and oxygen atoms in total. The van der Waals surface area contributed by atoms with Gasteiger partial charge in [0.25, 0.3) is 0 Å². The summed E-state index contributed by atoms with van der Waals surface area (Å²) in [4.78, 5) is 37.9. The van der Waals surface area contributed by atoms with E-state index in [9.17, 15) is 19.5 Å². The molecule has 0 bridgehead atoms. The van der Waals surface area contributed by atoms with Gasteiger partial charge in [-0.2, -0.15) is 0 Å². The number of carbonyl (C=O) groups excluding carboxylic acids is 3. The highest BCUT2D eigenvalue weighted by molar-refractivity contribution is 6.06. The molecule has 6 rings (SSSR count). The number of esters is 2. The lowest BCUT2D eigenvalue weighted by atomic mass is 9.34. The van der Waals surface area contributed by atoms with E-state index < -0.39 is 11.4 Å². The fourth-order valence-corrected chi connectivity index (χ4v) is 10.3. The monoisotopic (exact) mass is 682 g/mol. The lowest BCUT2D eigenvalue weighted by Gasteiger charge is -2.70. The number of aliphatic hydroxyl groups is 1. The molecule has 3 saturated carbocycles. The third-order valence-corrected chi connectivity index (χ3v) is 13.9. The fourth-order valence-electron chi connectivity index (χ4n) is 10.3. The first-order valence-electron chi connectivity index (χ1n) is 18.4. The first kappa shape index (κ1) is 35.9. The van der Waals surface area contributed by atoms with Crippen molar-refractivity contribution in [2.45, 2.75) is 99.3 Å². The van der Waals surface area contributed by atoms with E-state index in [0.717, 1.165) is 80.2 Å². The van der Waals surface area contributed by atoms with Gasteiger partial charge >= 0.3 is 11.9 Å². The summed E-state index contributed by atoms with van der Waals surface area (Å²) in [6.45, 7) is 14.6. The van der Waals surface area contributed by atoms with E-state index in [4.69, 9.17) is 9.47 Å². The highest BCUT2D eigenvalue weighted by Gasteiger charge is 2.67. The van der Waals surface area contributed by atoms with Crippen LogP contribution in [0.4, 0.5) is 0 Å². The standard InChI is InChI=1S/C43H54O7/c1-28-31-15-16-34-41(4,32(31)26-33(44)37(28)46)21-23-43(6)35-27-40(3,19-18-39(35,2)20-22-42(34,43)5)38(47)50-25-9-8-24-49-30-13-10-29(11-14-30)12-17-36(45)48-7/h10-17,26,35,46H,8-9,18-25,27H2,1-7H3/b17-12+/t35-,39-,40-,41+,42-,43+/m1/s1. The number of ether oxygens (including phenoxy) is 3. The van der Waals surface area contributed by atoms with E-state index in [2.05, 4.69) is 51.5 Å². The van der Waals surface area contributed by atoms with Gasteiger partial charge in [-0.15, -0.1) is 0 Å². The van der Waals surface area contributed by atoms with E-state index in [1.54, 1.807) is 12.2 Å². The van der Waals surface area contributed by atoms with Crippen molar-refractivity contribution in [2.24, 2.45) is 33.0 Å². The number of hydrogen-bond donors (Lipinski definition) is 1. The summed E-state index contributed by atoms with van der Waals surface area (Å²) in [5.74, 6) is 0.203. The van der Waals surface area contributed by atoms with Crippen LogP contribution in [0.5, 0.6) is 5.75 Å². The van der Waals surface area contributed by atoms with Gasteiger partial charge in [-0.05, 0) is 135 Å². The maximum Gasteiger partial charge on any atom is 0.330 e. The minimum absolute atomic E-state index is 0.0158. The SMILES string of the molecule is COC(=O)/C=C/c1ccc(OCCCCOC(=O)[C@]2(C)CC[C@]3(C)CC[C@]4(C)C5=CC=C6C(=CC(=O)C(O)=C6C)[C@]5(C)CC[C@@]4(C)[C@@H]3C2)cc1. The van der Waals surface area contributed by atoms with Crippen molar-refractivity contribution in [1.82, 2.24) is 0 Å². The molecule has 7 heteroatoms. The Morgan fingerprint density at radius 3 is 2.34 bits per heavy atom. The van der Waals surface area contributed by atoms with Crippen LogP contribution in [-0.2, 0) is 23.9 Å². The average molecular weight is 683 g/mol. The largest absolute Gasteiger partial charge is 0.504 e. The summed E-state index contributed by atoms with van der Waals surface area (Å²) >= 11 is 0. The van der Waals surface area contributed by atoms with Crippen LogP contribution >= 0.6 is 0 Å². The van der Waals surface area contributed by atoms with Gasteiger partial charge in [0.2, 0.25) is 5.78 Å². The Balaban J connectivity index is 1.09. The molecule has 6 atom stereocenters. The quantitative estimate of drug-likeness (QED) is 0.158. The second-order valence-corrected chi connectivity index (χ2v) is 16.7. The second kappa shape index (κ2) is 13.0. The van der Waals surface area contributed by atoms with E-state index >= 15 is 0 Å². The van der Waals surface area contributed by atoms with E-state index in [1.807, 2.05) is 31.2 Å². The van der Waals surface area contributed by atoms with Gasteiger partial charge in [-0.1, -0.05) is 57.6 Å². The Hall–Kier alpha value is -3.87. The Morgan fingerprint density at radius 1 is 0.920 bits per heavy atom. The molecular formula is C43H54O7. The topological polar surface area (TPSA) is 99.1 Å². The number of benzene rings is 1. The maximum atomic E-state index is 13.8. The molecule has 1 aromatic carbocycles. The van der Waals surface area contributed by atoms with Gasteiger partial charge in [0.15, 0.2) is 5.76 Å². The smallest absolute Gasteiger partial charge is 0.330 e. The molecule has 268 valence electrons. The molecule has 0 heterocycles. The van der Waals surface area contributed by atoms with Crippen LogP contribution in [-0.4, -0.2) is 43.2 Å². The van der Waals surface area contributed by atoms with E-state index in [0.29, 0.717) is 24.7 Å². The fraction of sp³-hybridized carbons (Fsp3) is 0.558. The van der Waals surface area contributed by atoms with Crippen LogP contribution < -0.4 is 4.74 Å². The number of ketones is 1. The van der Waals surface area contributed by atoms with Crippen LogP contribution in [0.25, 0.3) is 6.08 Å². The summed E-state index contributed by atoms with van der Waals surface area (Å²) < 4.78 is 16.5. The summed E-state index contributed by atoms with van der Waals surface area (Å²) in [5.41, 5.74) is 4.26. The zero-order valence-electron chi connectivity index (χ0n) is 30.9. The molecule has 0 radical (unpaired) electrons. The first-order valence-corrected chi connectivity index (χ1v) is 18.4. The highest BCUT2D eigenvalue weighted by Crippen LogP contribution is 2.75. The van der Waals surface area contributed by atoms with E-state index in [1.165, 1.54) is 18.8 Å². The van der Waals surface area contributed by atoms with Crippen molar-refractivity contribution in [3.05, 3.63) is 82.2 Å². The molecule has 50 heavy (non-hydrogen) atoms. The molecule has 0 aromatic heterocycles. The van der Waals surface area contributed by atoms with Crippen molar-refractivity contribution >= 4 is 23.8 Å². The number of unbranched alkanes of at least 4 members (excludes halogenated alkanes) is 1. The predicted molar refractivity (Wildman–Crippen MR) is 194 cm³/mol. The van der Waals surface area contributed by atoms with Gasteiger partial charge in [0.1, 0.15) is 5.75 Å². The molecule has 1 N–H and O–H groups in total. The maximum absolute atomic E-state index is 13.8. The summed E-state index contributed by atoms with van der Waals surface area (Å²) in [7, 11) is 1.35. The predicted octanol–water partition coefficient (Wildman–Crippen LogP) is 9.20. The number of hydrogen-bond acceptors (Lipinski definition) is 7. The molecule has 1 aromatic rings. The van der Waals surface area contributed by atoms with E-state index in [-0.39, 0.29) is 39.2 Å². The molecule has 0 aliphatic heterocycles. The minimum Gasteiger partial charge on any atom is -0.504 e. The zero-order valence-corrected chi connectivity index (χ0v) is 30.9. The molecule has 0 unspecified atom stereocenters. The summed E-state index contributed by atoms with van der Waals surface area (Å²) in [6.07, 6.45) is 17.5. The Kier molecular flexibility index (Phi) is 9.37. The highest BCUT2D eigenvalue weighted by atomic mass is 16.5. The van der Waals surface area contributed by atoms with Crippen LogP contribution in [0, 0.1) is 33.0 Å². The first-order chi connectivity index (χ1) is 23.6. The van der Waals surface area contributed by atoms with Crippen molar-refractivity contribution in [2.75, 3.05) is 20.3 Å². The third-order valence-electron chi connectivity index (χ3n) is 13.9. The molecule has 0 spiro atoms. The number of aliphatic hydroxyl groups excluding tert-OH is 1. The zero-order chi connectivity index (χ0) is 36.1. The third kappa shape index (κ3) is 5.88. The van der Waals surface area contributed by atoms with Crippen molar-refractivity contribution in [3.8, 4) is 5.75 Å². The normalized spacial score (nSPS) is 34.7. The van der Waals surface area contributed by atoms with Gasteiger partial charge in [0, 0.05) is 17.1 Å². The number of rotatable bonds is 9. The Morgan fingerprint density at radius 2 is 1.62 bits per heavy atom.